The first-order valence-corrected chi connectivity index (χ1v) is 7.50. The van der Waals surface area contributed by atoms with Gasteiger partial charge in [0.1, 0.15) is 17.9 Å². The lowest BCUT2D eigenvalue weighted by Crippen LogP contribution is -2.19. The maximum Gasteiger partial charge on any atom is 0.264 e. The summed E-state index contributed by atoms with van der Waals surface area (Å²) >= 11 is 1.19. The minimum Gasteiger partial charge on any atom is -0.484 e. The molecule has 1 aromatic heterocycles. The van der Waals surface area contributed by atoms with Gasteiger partial charge in [-0.25, -0.2) is 9.37 Å². The second-order valence-corrected chi connectivity index (χ2v) is 5.69. The number of hydrogen-bond donors (Lipinski definition) is 1. The predicted molar refractivity (Wildman–Crippen MR) is 85.5 cm³/mol. The van der Waals surface area contributed by atoms with E-state index in [0.29, 0.717) is 26.7 Å². The SMILES string of the molecule is O=Cc1ccc(OCC(=O)Nc2nc3ccc(F)cc3s2)cc1. The van der Waals surface area contributed by atoms with E-state index in [2.05, 4.69) is 10.3 Å². The highest BCUT2D eigenvalue weighted by Crippen LogP contribution is 2.26. The maximum absolute atomic E-state index is 13.1. The van der Waals surface area contributed by atoms with Crippen LogP contribution in [0, 0.1) is 5.82 Å². The number of nitrogens with one attached hydrogen (secondary N) is 1. The first-order chi connectivity index (χ1) is 11.1. The number of hydrogen-bond acceptors (Lipinski definition) is 5. The van der Waals surface area contributed by atoms with Crippen molar-refractivity contribution in [2.75, 3.05) is 11.9 Å². The molecule has 0 aliphatic carbocycles. The van der Waals surface area contributed by atoms with E-state index in [9.17, 15) is 14.0 Å². The van der Waals surface area contributed by atoms with Gasteiger partial charge in [0.25, 0.3) is 5.91 Å². The molecule has 116 valence electrons. The standard InChI is InChI=1S/C16H11FN2O3S/c17-11-3-6-13-14(7-11)23-16(18-13)19-15(21)9-22-12-4-1-10(8-20)2-5-12/h1-8H,9H2,(H,18,19,21). The van der Waals surface area contributed by atoms with Crippen LogP contribution in [0.4, 0.5) is 9.52 Å². The zero-order valence-corrected chi connectivity index (χ0v) is 12.6. The molecule has 5 nitrogen and oxygen atoms in total. The molecule has 2 aromatic carbocycles. The fraction of sp³-hybridized carbons (Fsp3) is 0.0625. The van der Waals surface area contributed by atoms with Gasteiger partial charge in [0.05, 0.1) is 10.2 Å². The molecule has 0 saturated carbocycles. The van der Waals surface area contributed by atoms with Crippen LogP contribution in [0.1, 0.15) is 10.4 Å². The smallest absolute Gasteiger partial charge is 0.264 e. The van der Waals surface area contributed by atoms with Crippen LogP contribution in [-0.2, 0) is 4.79 Å². The third kappa shape index (κ3) is 3.70. The van der Waals surface area contributed by atoms with Crippen molar-refractivity contribution in [3.63, 3.8) is 0 Å². The first-order valence-electron chi connectivity index (χ1n) is 6.68. The third-order valence-electron chi connectivity index (χ3n) is 2.98. The Kier molecular flexibility index (Phi) is 4.29. The number of aldehydes is 1. The lowest BCUT2D eigenvalue weighted by atomic mass is 10.2. The van der Waals surface area contributed by atoms with E-state index in [1.807, 2.05) is 0 Å². The maximum atomic E-state index is 13.1. The van der Waals surface area contributed by atoms with Gasteiger partial charge in [0.15, 0.2) is 11.7 Å². The molecule has 0 atom stereocenters. The largest absolute Gasteiger partial charge is 0.484 e. The molecule has 0 aliphatic rings. The molecule has 0 fully saturated rings. The summed E-state index contributed by atoms with van der Waals surface area (Å²) in [5.74, 6) is -0.234. The van der Waals surface area contributed by atoms with E-state index in [0.717, 1.165) is 6.29 Å². The van der Waals surface area contributed by atoms with Gasteiger partial charge < -0.3 is 4.74 Å². The summed E-state index contributed by atoms with van der Waals surface area (Å²) in [7, 11) is 0. The molecule has 0 saturated heterocycles. The van der Waals surface area contributed by atoms with Crippen molar-refractivity contribution in [3.8, 4) is 5.75 Å². The molecule has 7 heteroatoms. The first kappa shape index (κ1) is 15.1. The number of halogens is 1. The van der Waals surface area contributed by atoms with Gasteiger partial charge in [0, 0.05) is 5.56 Å². The molecule has 1 amide bonds. The summed E-state index contributed by atoms with van der Waals surface area (Å²) < 4.78 is 19.1. The van der Waals surface area contributed by atoms with Crippen LogP contribution in [-0.4, -0.2) is 23.8 Å². The molecule has 0 unspecified atom stereocenters. The summed E-state index contributed by atoms with van der Waals surface area (Å²) in [4.78, 5) is 26.6. The van der Waals surface area contributed by atoms with Gasteiger partial charge in [0.2, 0.25) is 0 Å². The van der Waals surface area contributed by atoms with Gasteiger partial charge in [-0.2, -0.15) is 0 Å². The summed E-state index contributed by atoms with van der Waals surface area (Å²) in [6, 6.07) is 10.7. The quantitative estimate of drug-likeness (QED) is 0.729. The number of anilines is 1. The molecule has 0 spiro atoms. The van der Waals surface area contributed by atoms with Gasteiger partial charge in [-0.1, -0.05) is 11.3 Å². The molecule has 0 radical (unpaired) electrons. The highest BCUT2D eigenvalue weighted by Gasteiger charge is 2.09. The fourth-order valence-electron chi connectivity index (χ4n) is 1.90. The molecule has 1 heterocycles. The number of benzene rings is 2. The number of aromatic nitrogens is 1. The highest BCUT2D eigenvalue weighted by atomic mass is 32.1. The number of rotatable bonds is 5. The molecule has 0 aliphatic heterocycles. The average molecular weight is 330 g/mol. The minimum atomic E-state index is -0.371. The Morgan fingerprint density at radius 2 is 2.04 bits per heavy atom. The van der Waals surface area contributed by atoms with Crippen molar-refractivity contribution in [2.24, 2.45) is 0 Å². The van der Waals surface area contributed by atoms with Gasteiger partial charge in [-0.15, -0.1) is 0 Å². The Morgan fingerprint density at radius 1 is 1.26 bits per heavy atom. The number of carbonyl (C=O) groups excluding carboxylic acids is 2. The van der Waals surface area contributed by atoms with E-state index >= 15 is 0 Å². The van der Waals surface area contributed by atoms with Crippen molar-refractivity contribution < 1.29 is 18.7 Å². The lowest BCUT2D eigenvalue weighted by molar-refractivity contribution is -0.118. The van der Waals surface area contributed by atoms with Crippen molar-refractivity contribution in [1.29, 1.82) is 0 Å². The number of amides is 1. The van der Waals surface area contributed by atoms with Crippen LogP contribution >= 0.6 is 11.3 Å². The molecule has 1 N–H and O–H groups in total. The van der Waals surface area contributed by atoms with Crippen LogP contribution in [0.2, 0.25) is 0 Å². The zero-order valence-electron chi connectivity index (χ0n) is 11.8. The molecule has 0 bridgehead atoms. The Bertz CT molecular complexity index is 861. The van der Waals surface area contributed by atoms with Crippen molar-refractivity contribution >= 4 is 38.9 Å². The third-order valence-corrected chi connectivity index (χ3v) is 3.92. The van der Waals surface area contributed by atoms with Crippen molar-refractivity contribution in [2.45, 2.75) is 0 Å². The highest BCUT2D eigenvalue weighted by molar-refractivity contribution is 7.22. The molecule has 3 rings (SSSR count). The normalized spacial score (nSPS) is 10.5. The summed E-state index contributed by atoms with van der Waals surface area (Å²) in [5.41, 5.74) is 1.15. The minimum absolute atomic E-state index is 0.190. The zero-order chi connectivity index (χ0) is 16.2. The van der Waals surface area contributed by atoms with Crippen molar-refractivity contribution in [3.05, 3.63) is 53.8 Å². The molecule has 23 heavy (non-hydrogen) atoms. The monoisotopic (exact) mass is 330 g/mol. The van der Waals surface area contributed by atoms with Crippen LogP contribution in [0.3, 0.4) is 0 Å². The topological polar surface area (TPSA) is 68.3 Å². The Morgan fingerprint density at radius 3 is 2.78 bits per heavy atom. The number of ether oxygens (including phenoxy) is 1. The number of carbonyl (C=O) groups is 2. The summed E-state index contributed by atoms with van der Waals surface area (Å²) in [5, 5.41) is 2.99. The van der Waals surface area contributed by atoms with Crippen molar-refractivity contribution in [1.82, 2.24) is 4.98 Å². The summed E-state index contributed by atoms with van der Waals surface area (Å²) in [6.07, 6.45) is 0.729. The molecular weight excluding hydrogens is 319 g/mol. The second-order valence-electron chi connectivity index (χ2n) is 4.65. The number of nitrogens with zero attached hydrogens (tertiary/aromatic N) is 1. The van der Waals surface area contributed by atoms with E-state index in [1.54, 1.807) is 30.3 Å². The van der Waals surface area contributed by atoms with Gasteiger partial charge in [-0.3, -0.25) is 14.9 Å². The van der Waals surface area contributed by atoms with Crippen LogP contribution in [0.5, 0.6) is 5.75 Å². The van der Waals surface area contributed by atoms with E-state index in [1.165, 1.54) is 23.5 Å². The Hall–Kier alpha value is -2.80. The number of thiazole rings is 1. The second kappa shape index (κ2) is 6.53. The van der Waals surface area contributed by atoms with Gasteiger partial charge >= 0.3 is 0 Å². The van der Waals surface area contributed by atoms with Crippen LogP contribution in [0.15, 0.2) is 42.5 Å². The molecular formula is C16H11FN2O3S. The van der Waals surface area contributed by atoms with Gasteiger partial charge in [-0.05, 0) is 42.5 Å². The lowest BCUT2D eigenvalue weighted by Gasteiger charge is -2.05. The predicted octanol–water partition coefficient (Wildman–Crippen LogP) is 3.27. The average Bonchev–Trinajstić information content (AvgIpc) is 2.94. The van der Waals surface area contributed by atoms with Crippen LogP contribution < -0.4 is 10.1 Å². The van der Waals surface area contributed by atoms with E-state index in [4.69, 9.17) is 4.74 Å². The van der Waals surface area contributed by atoms with E-state index in [-0.39, 0.29) is 18.3 Å². The Balaban J connectivity index is 1.60. The summed E-state index contributed by atoms with van der Waals surface area (Å²) in [6.45, 7) is -0.190. The molecule has 3 aromatic rings. The Labute approximate surface area is 134 Å². The van der Waals surface area contributed by atoms with E-state index < -0.39 is 0 Å². The van der Waals surface area contributed by atoms with Crippen LogP contribution in [0.25, 0.3) is 10.2 Å². The number of fused-ring (bicyclic) bond motifs is 1. The fourth-order valence-corrected chi connectivity index (χ4v) is 2.81.